The van der Waals surface area contributed by atoms with Crippen molar-refractivity contribution in [2.45, 2.75) is 23.5 Å². The Morgan fingerprint density at radius 2 is 1.84 bits per heavy atom. The number of rotatable bonds is 4. The first-order valence-corrected chi connectivity index (χ1v) is 7.86. The van der Waals surface area contributed by atoms with Gasteiger partial charge in [-0.15, -0.1) is 10.2 Å². The molecule has 134 valence electrons. The topological polar surface area (TPSA) is 88.9 Å². The van der Waals surface area contributed by atoms with Gasteiger partial charge in [-0.05, 0) is 19.1 Å². The molecule has 0 unspecified atom stereocenters. The number of para-hydroxylation sites is 1. The number of benzene rings is 1. The van der Waals surface area contributed by atoms with Crippen molar-refractivity contribution >= 4 is 29.4 Å². The zero-order valence-electron chi connectivity index (χ0n) is 13.2. The van der Waals surface area contributed by atoms with Gasteiger partial charge in [-0.25, -0.2) is 4.79 Å². The standard InChI is InChI=1S/C14H14F3N5O2S/c1-8(25-13-21-20-11(22(13)2)14(15,16)17)10(23)19-12(24)18-9-6-4-3-5-7-9/h3-8H,1-2H3,(H2,18,19,23,24)/t8-/m1/s1. The van der Waals surface area contributed by atoms with Crippen LogP contribution >= 0.6 is 11.8 Å². The van der Waals surface area contributed by atoms with Crippen LogP contribution in [0.5, 0.6) is 0 Å². The first-order valence-electron chi connectivity index (χ1n) is 6.98. The Balaban J connectivity index is 1.94. The monoisotopic (exact) mass is 373 g/mol. The lowest BCUT2D eigenvalue weighted by Gasteiger charge is -2.12. The number of amides is 3. The SMILES string of the molecule is C[C@@H](Sc1nnc(C(F)(F)F)n1C)C(=O)NC(=O)Nc1ccccc1. The quantitative estimate of drug-likeness (QED) is 0.805. The van der Waals surface area contributed by atoms with Gasteiger partial charge in [-0.1, -0.05) is 30.0 Å². The smallest absolute Gasteiger partial charge is 0.308 e. The van der Waals surface area contributed by atoms with Crippen molar-refractivity contribution < 1.29 is 22.8 Å². The summed E-state index contributed by atoms with van der Waals surface area (Å²) in [6, 6.07) is 7.73. The summed E-state index contributed by atoms with van der Waals surface area (Å²) >= 11 is 0.761. The number of hydrogen-bond acceptors (Lipinski definition) is 5. The number of anilines is 1. The maximum Gasteiger partial charge on any atom is 0.451 e. The van der Waals surface area contributed by atoms with Crippen LogP contribution < -0.4 is 10.6 Å². The minimum absolute atomic E-state index is 0.0848. The van der Waals surface area contributed by atoms with E-state index in [1.165, 1.54) is 6.92 Å². The maximum absolute atomic E-state index is 12.7. The molecule has 0 aliphatic rings. The fourth-order valence-corrected chi connectivity index (χ4v) is 2.59. The summed E-state index contributed by atoms with van der Waals surface area (Å²) in [5.41, 5.74) is 0.497. The molecule has 0 aliphatic carbocycles. The second-order valence-electron chi connectivity index (χ2n) is 4.93. The maximum atomic E-state index is 12.7. The van der Waals surface area contributed by atoms with Gasteiger partial charge < -0.3 is 9.88 Å². The van der Waals surface area contributed by atoms with Crippen molar-refractivity contribution in [2.24, 2.45) is 7.05 Å². The Bertz CT molecular complexity index is 764. The van der Waals surface area contributed by atoms with Gasteiger partial charge in [0, 0.05) is 12.7 Å². The number of carbonyl (C=O) groups excluding carboxylic acids is 2. The summed E-state index contributed by atoms with van der Waals surface area (Å²) in [6.45, 7) is 1.44. The van der Waals surface area contributed by atoms with E-state index in [-0.39, 0.29) is 5.16 Å². The summed E-state index contributed by atoms with van der Waals surface area (Å²) in [5, 5.41) is 10.1. The Morgan fingerprint density at radius 3 is 2.40 bits per heavy atom. The average Bonchev–Trinajstić information content (AvgIpc) is 2.89. The van der Waals surface area contributed by atoms with Crippen molar-refractivity contribution in [1.29, 1.82) is 0 Å². The average molecular weight is 373 g/mol. The number of halogens is 3. The van der Waals surface area contributed by atoms with E-state index in [4.69, 9.17) is 0 Å². The van der Waals surface area contributed by atoms with Crippen LogP contribution in [-0.2, 0) is 18.0 Å². The van der Waals surface area contributed by atoms with Gasteiger partial charge in [-0.2, -0.15) is 13.2 Å². The lowest BCUT2D eigenvalue weighted by molar-refractivity contribution is -0.147. The lowest BCUT2D eigenvalue weighted by atomic mass is 10.3. The molecule has 1 heterocycles. The van der Waals surface area contributed by atoms with E-state index >= 15 is 0 Å². The number of nitrogens with one attached hydrogen (secondary N) is 2. The van der Waals surface area contributed by atoms with Crippen LogP contribution in [0.15, 0.2) is 35.5 Å². The molecule has 3 amide bonds. The highest BCUT2D eigenvalue weighted by molar-refractivity contribution is 8.00. The zero-order chi connectivity index (χ0) is 18.6. The van der Waals surface area contributed by atoms with Crippen LogP contribution in [0.1, 0.15) is 12.7 Å². The third-order valence-corrected chi connectivity index (χ3v) is 4.14. The molecule has 0 saturated carbocycles. The second kappa shape index (κ2) is 7.55. The number of aromatic nitrogens is 3. The van der Waals surface area contributed by atoms with Gasteiger partial charge >= 0.3 is 12.2 Å². The molecule has 25 heavy (non-hydrogen) atoms. The van der Waals surface area contributed by atoms with Crippen molar-refractivity contribution in [3.8, 4) is 0 Å². The first-order chi connectivity index (χ1) is 11.7. The van der Waals surface area contributed by atoms with E-state index in [0.717, 1.165) is 23.4 Å². The van der Waals surface area contributed by atoms with Gasteiger partial charge in [0.15, 0.2) is 5.16 Å². The minimum Gasteiger partial charge on any atom is -0.308 e. The van der Waals surface area contributed by atoms with Crippen LogP contribution in [0.25, 0.3) is 0 Å². The lowest BCUT2D eigenvalue weighted by Crippen LogP contribution is -2.38. The molecule has 0 aliphatic heterocycles. The number of carbonyl (C=O) groups is 2. The number of thioether (sulfide) groups is 1. The van der Waals surface area contributed by atoms with E-state index < -0.39 is 29.2 Å². The van der Waals surface area contributed by atoms with Crippen molar-refractivity contribution in [3.05, 3.63) is 36.2 Å². The van der Waals surface area contributed by atoms with E-state index in [0.29, 0.717) is 5.69 Å². The predicted octanol–water partition coefficient (Wildman–Crippen LogP) is 2.66. The summed E-state index contributed by atoms with van der Waals surface area (Å²) in [6.07, 6.45) is -4.64. The molecular weight excluding hydrogens is 359 g/mol. The van der Waals surface area contributed by atoms with Crippen molar-refractivity contribution in [2.75, 3.05) is 5.32 Å². The van der Waals surface area contributed by atoms with E-state index in [1.807, 2.05) is 0 Å². The normalized spacial score (nSPS) is 12.5. The molecule has 11 heteroatoms. The van der Waals surface area contributed by atoms with Crippen LogP contribution in [0.2, 0.25) is 0 Å². The highest BCUT2D eigenvalue weighted by Gasteiger charge is 2.38. The predicted molar refractivity (Wildman–Crippen MR) is 84.9 cm³/mol. The Hall–Kier alpha value is -2.56. The minimum atomic E-state index is -4.64. The largest absolute Gasteiger partial charge is 0.451 e. The fourth-order valence-electron chi connectivity index (χ4n) is 1.77. The zero-order valence-corrected chi connectivity index (χ0v) is 14.0. The van der Waals surface area contributed by atoms with Gasteiger partial charge in [0.1, 0.15) is 0 Å². The molecule has 7 nitrogen and oxygen atoms in total. The molecule has 2 aromatic rings. The van der Waals surface area contributed by atoms with Crippen LogP contribution in [0.3, 0.4) is 0 Å². The highest BCUT2D eigenvalue weighted by atomic mass is 32.2. The van der Waals surface area contributed by atoms with Crippen molar-refractivity contribution in [3.63, 3.8) is 0 Å². The van der Waals surface area contributed by atoms with Gasteiger partial charge in [0.05, 0.1) is 5.25 Å². The molecule has 0 saturated heterocycles. The Kier molecular flexibility index (Phi) is 5.67. The van der Waals surface area contributed by atoms with Gasteiger partial charge in [0.25, 0.3) is 0 Å². The second-order valence-corrected chi connectivity index (χ2v) is 6.24. The van der Waals surface area contributed by atoms with Crippen molar-refractivity contribution in [1.82, 2.24) is 20.1 Å². The number of hydrogen-bond donors (Lipinski definition) is 2. The first kappa shape index (κ1) is 18.8. The summed E-state index contributed by atoms with van der Waals surface area (Å²) < 4.78 is 38.8. The third-order valence-electron chi connectivity index (χ3n) is 3.01. The highest BCUT2D eigenvalue weighted by Crippen LogP contribution is 2.30. The summed E-state index contributed by atoms with van der Waals surface area (Å²) in [4.78, 5) is 23.7. The van der Waals surface area contributed by atoms with Gasteiger partial charge in [-0.3, -0.25) is 10.1 Å². The molecule has 2 N–H and O–H groups in total. The Morgan fingerprint density at radius 1 is 1.20 bits per heavy atom. The fraction of sp³-hybridized carbons (Fsp3) is 0.286. The number of urea groups is 1. The van der Waals surface area contributed by atoms with Crippen LogP contribution in [-0.4, -0.2) is 32.0 Å². The molecule has 0 spiro atoms. The van der Waals surface area contributed by atoms with Crippen LogP contribution in [0.4, 0.5) is 23.7 Å². The van der Waals surface area contributed by atoms with E-state index in [9.17, 15) is 22.8 Å². The molecule has 0 radical (unpaired) electrons. The van der Waals surface area contributed by atoms with E-state index in [2.05, 4.69) is 20.8 Å². The Labute approximate surface area is 145 Å². The molecule has 2 rings (SSSR count). The molecule has 1 aromatic heterocycles. The molecular formula is C14H14F3N5O2S. The molecule has 1 aromatic carbocycles. The summed E-state index contributed by atoms with van der Waals surface area (Å²) in [5.74, 6) is -1.83. The molecule has 1 atom stereocenters. The molecule has 0 fully saturated rings. The number of imide groups is 1. The van der Waals surface area contributed by atoms with Crippen LogP contribution in [0, 0.1) is 0 Å². The van der Waals surface area contributed by atoms with E-state index in [1.54, 1.807) is 30.3 Å². The number of nitrogens with zero attached hydrogens (tertiary/aromatic N) is 3. The third kappa shape index (κ3) is 4.95. The van der Waals surface area contributed by atoms with Gasteiger partial charge in [0.2, 0.25) is 11.7 Å². The molecule has 0 bridgehead atoms. The summed E-state index contributed by atoms with van der Waals surface area (Å²) in [7, 11) is 1.15. The number of alkyl halides is 3.